The summed E-state index contributed by atoms with van der Waals surface area (Å²) in [4.78, 5) is 0. The molecule has 0 aliphatic rings. The molecule has 0 radical (unpaired) electrons. The first-order valence-corrected chi connectivity index (χ1v) is 6.39. The predicted octanol–water partition coefficient (Wildman–Crippen LogP) is 3.58. The molecule has 5 heteroatoms. The van der Waals surface area contributed by atoms with Crippen LogP contribution in [0.5, 0.6) is 11.5 Å². The Morgan fingerprint density at radius 2 is 2.10 bits per heavy atom. The Hall–Kier alpha value is -2.74. The predicted molar refractivity (Wildman–Crippen MR) is 77.8 cm³/mol. The zero-order chi connectivity index (χ0) is 15.4. The van der Waals surface area contributed by atoms with Crippen LogP contribution in [-0.2, 0) is 0 Å². The fourth-order valence-corrected chi connectivity index (χ4v) is 2.12. The number of halogens is 1. The van der Waals surface area contributed by atoms with Gasteiger partial charge in [-0.15, -0.1) is 0 Å². The monoisotopic (exact) mass is 286 g/mol. The first-order chi connectivity index (χ1) is 10.1. The van der Waals surface area contributed by atoms with Crippen molar-refractivity contribution in [3.63, 3.8) is 0 Å². The van der Waals surface area contributed by atoms with Gasteiger partial charge in [0, 0.05) is 11.6 Å². The molecule has 0 heterocycles. The lowest BCUT2D eigenvalue weighted by Crippen LogP contribution is -2.09. The van der Waals surface area contributed by atoms with Crippen molar-refractivity contribution in [2.45, 2.75) is 13.0 Å². The van der Waals surface area contributed by atoms with E-state index in [-0.39, 0.29) is 11.8 Å². The largest absolute Gasteiger partial charge is 0.507 e. The van der Waals surface area contributed by atoms with E-state index in [1.807, 2.05) is 0 Å². The molecule has 2 aromatic carbocycles. The van der Waals surface area contributed by atoms with Gasteiger partial charge in [-0.25, -0.2) is 4.39 Å². The summed E-state index contributed by atoms with van der Waals surface area (Å²) in [6.07, 6.45) is 0. The second-order valence-corrected chi connectivity index (χ2v) is 4.56. The summed E-state index contributed by atoms with van der Waals surface area (Å²) in [5.74, 6) is -0.107. The van der Waals surface area contributed by atoms with E-state index in [1.165, 1.54) is 19.2 Å². The van der Waals surface area contributed by atoms with Gasteiger partial charge in [0.05, 0.1) is 24.4 Å². The molecule has 108 valence electrons. The van der Waals surface area contributed by atoms with Gasteiger partial charge in [-0.3, -0.25) is 0 Å². The minimum Gasteiger partial charge on any atom is -0.507 e. The van der Waals surface area contributed by atoms with Crippen LogP contribution in [0.1, 0.15) is 24.1 Å². The molecule has 0 aromatic heterocycles. The Kier molecular flexibility index (Phi) is 4.29. The van der Waals surface area contributed by atoms with Crippen molar-refractivity contribution < 1.29 is 14.2 Å². The standard InChI is InChI=1S/C16H15FN2O2/c1-10(13-7-6-12(17)8-14(13)20)19-16-11(9-18)4-3-5-15(16)21-2/h3-8,10,19-20H,1-2H3. The Morgan fingerprint density at radius 1 is 1.33 bits per heavy atom. The van der Waals surface area contributed by atoms with Crippen LogP contribution in [0.4, 0.5) is 10.1 Å². The average molecular weight is 286 g/mol. The van der Waals surface area contributed by atoms with Crippen LogP contribution in [0.25, 0.3) is 0 Å². The first kappa shape index (κ1) is 14.7. The molecule has 1 atom stereocenters. The molecule has 0 saturated heterocycles. The molecule has 2 aromatic rings. The van der Waals surface area contributed by atoms with Crippen molar-refractivity contribution in [1.29, 1.82) is 5.26 Å². The molecule has 2 N–H and O–H groups in total. The Labute approximate surface area is 122 Å². The van der Waals surface area contributed by atoms with E-state index in [1.54, 1.807) is 25.1 Å². The molecule has 2 rings (SSSR count). The lowest BCUT2D eigenvalue weighted by molar-refractivity contribution is 0.415. The molecule has 0 aliphatic carbocycles. The second kappa shape index (κ2) is 6.14. The number of anilines is 1. The normalized spacial score (nSPS) is 11.5. The first-order valence-electron chi connectivity index (χ1n) is 6.39. The molecule has 0 bridgehead atoms. The highest BCUT2D eigenvalue weighted by molar-refractivity contribution is 5.67. The van der Waals surface area contributed by atoms with Crippen molar-refractivity contribution in [2.75, 3.05) is 12.4 Å². The summed E-state index contributed by atoms with van der Waals surface area (Å²) in [6, 6.07) is 10.7. The summed E-state index contributed by atoms with van der Waals surface area (Å²) >= 11 is 0. The number of benzene rings is 2. The highest BCUT2D eigenvalue weighted by Crippen LogP contribution is 2.33. The number of ether oxygens (including phenoxy) is 1. The van der Waals surface area contributed by atoms with Crippen LogP contribution in [0.2, 0.25) is 0 Å². The third-order valence-electron chi connectivity index (χ3n) is 3.19. The maximum Gasteiger partial charge on any atom is 0.143 e. The number of hydrogen-bond acceptors (Lipinski definition) is 4. The Morgan fingerprint density at radius 3 is 2.71 bits per heavy atom. The van der Waals surface area contributed by atoms with Crippen LogP contribution in [-0.4, -0.2) is 12.2 Å². The number of rotatable bonds is 4. The van der Waals surface area contributed by atoms with Gasteiger partial charge < -0.3 is 15.2 Å². The smallest absolute Gasteiger partial charge is 0.143 e. The Balaban J connectivity index is 2.36. The minimum atomic E-state index is -0.501. The van der Waals surface area contributed by atoms with Crippen LogP contribution < -0.4 is 10.1 Å². The fraction of sp³-hybridized carbons (Fsp3) is 0.188. The topological polar surface area (TPSA) is 65.3 Å². The number of nitriles is 1. The number of phenolic OH excluding ortho intramolecular Hbond substituents is 1. The number of phenols is 1. The van der Waals surface area contributed by atoms with Crippen LogP contribution in [0.15, 0.2) is 36.4 Å². The van der Waals surface area contributed by atoms with Gasteiger partial charge in [-0.2, -0.15) is 5.26 Å². The van der Waals surface area contributed by atoms with E-state index >= 15 is 0 Å². The van der Waals surface area contributed by atoms with Crippen molar-refractivity contribution in [1.82, 2.24) is 0 Å². The molecule has 0 spiro atoms. The molecule has 21 heavy (non-hydrogen) atoms. The van der Waals surface area contributed by atoms with Gasteiger partial charge in [-0.05, 0) is 25.1 Å². The highest BCUT2D eigenvalue weighted by Gasteiger charge is 2.15. The maximum absolute atomic E-state index is 13.0. The van der Waals surface area contributed by atoms with Gasteiger partial charge >= 0.3 is 0 Å². The van der Waals surface area contributed by atoms with Crippen molar-refractivity contribution in [3.8, 4) is 17.6 Å². The third-order valence-corrected chi connectivity index (χ3v) is 3.19. The number of aromatic hydroxyl groups is 1. The molecule has 0 aliphatic heterocycles. The van der Waals surface area contributed by atoms with Gasteiger partial charge in [-0.1, -0.05) is 12.1 Å². The zero-order valence-electron chi connectivity index (χ0n) is 11.7. The maximum atomic E-state index is 13.0. The van der Waals surface area contributed by atoms with E-state index in [2.05, 4.69) is 11.4 Å². The molecule has 4 nitrogen and oxygen atoms in total. The highest BCUT2D eigenvalue weighted by atomic mass is 19.1. The number of nitrogens with one attached hydrogen (secondary N) is 1. The number of nitrogens with zero attached hydrogens (tertiary/aromatic N) is 1. The zero-order valence-corrected chi connectivity index (χ0v) is 11.7. The quantitative estimate of drug-likeness (QED) is 0.901. The molecule has 0 saturated carbocycles. The summed E-state index contributed by atoms with van der Waals surface area (Å²) in [5.41, 5.74) is 1.51. The third kappa shape index (κ3) is 3.06. The summed E-state index contributed by atoms with van der Waals surface area (Å²) < 4.78 is 18.3. The second-order valence-electron chi connectivity index (χ2n) is 4.56. The molecular formula is C16H15FN2O2. The van der Waals surface area contributed by atoms with Crippen LogP contribution in [0.3, 0.4) is 0 Å². The number of para-hydroxylation sites is 1. The van der Waals surface area contributed by atoms with E-state index < -0.39 is 5.82 Å². The van der Waals surface area contributed by atoms with Crippen molar-refractivity contribution >= 4 is 5.69 Å². The van der Waals surface area contributed by atoms with Gasteiger partial charge in [0.2, 0.25) is 0 Å². The molecule has 1 unspecified atom stereocenters. The lowest BCUT2D eigenvalue weighted by atomic mass is 10.1. The summed E-state index contributed by atoms with van der Waals surface area (Å²) in [5, 5.41) is 22.1. The van der Waals surface area contributed by atoms with Gasteiger partial charge in [0.25, 0.3) is 0 Å². The number of hydrogen-bond donors (Lipinski definition) is 2. The molecular weight excluding hydrogens is 271 g/mol. The van der Waals surface area contributed by atoms with E-state index in [9.17, 15) is 9.50 Å². The van der Waals surface area contributed by atoms with Crippen LogP contribution in [0, 0.1) is 17.1 Å². The lowest BCUT2D eigenvalue weighted by Gasteiger charge is -2.19. The summed E-state index contributed by atoms with van der Waals surface area (Å²) in [7, 11) is 1.52. The minimum absolute atomic E-state index is 0.136. The van der Waals surface area contributed by atoms with E-state index in [0.29, 0.717) is 22.6 Å². The average Bonchev–Trinajstić information content (AvgIpc) is 2.47. The molecule has 0 amide bonds. The van der Waals surface area contributed by atoms with Crippen molar-refractivity contribution in [3.05, 3.63) is 53.3 Å². The van der Waals surface area contributed by atoms with Crippen LogP contribution >= 0.6 is 0 Å². The van der Waals surface area contributed by atoms with E-state index in [4.69, 9.17) is 10.00 Å². The summed E-state index contributed by atoms with van der Waals surface area (Å²) in [6.45, 7) is 1.81. The SMILES string of the molecule is COc1cccc(C#N)c1NC(C)c1ccc(F)cc1O. The van der Waals surface area contributed by atoms with E-state index in [0.717, 1.165) is 6.07 Å². The van der Waals surface area contributed by atoms with Crippen molar-refractivity contribution in [2.24, 2.45) is 0 Å². The fourth-order valence-electron chi connectivity index (χ4n) is 2.12. The van der Waals surface area contributed by atoms with Gasteiger partial charge in [0.15, 0.2) is 0 Å². The Bertz CT molecular complexity index is 695. The molecule has 0 fully saturated rings. The van der Waals surface area contributed by atoms with Gasteiger partial charge in [0.1, 0.15) is 23.4 Å². The number of methoxy groups -OCH3 is 1.